The number of anilines is 1. The van der Waals surface area contributed by atoms with Gasteiger partial charge in [-0.2, -0.15) is 0 Å². The number of ether oxygens (including phenoxy) is 3. The van der Waals surface area contributed by atoms with Crippen LogP contribution < -0.4 is 23.8 Å². The maximum Gasteiger partial charge on any atom is 0.241 e. The Balaban J connectivity index is 1.57. The molecular formula is C22H26N2O6S. The Morgan fingerprint density at radius 2 is 1.84 bits per heavy atom. The van der Waals surface area contributed by atoms with Crippen LogP contribution in [0.25, 0.3) is 0 Å². The van der Waals surface area contributed by atoms with Gasteiger partial charge in [-0.05, 0) is 39.0 Å². The van der Waals surface area contributed by atoms with Gasteiger partial charge in [0, 0.05) is 18.1 Å². The predicted octanol–water partition coefficient (Wildman–Crippen LogP) is 2.91. The van der Waals surface area contributed by atoms with E-state index in [1.165, 1.54) is 0 Å². The van der Waals surface area contributed by atoms with E-state index < -0.39 is 21.5 Å². The molecule has 1 atom stereocenters. The van der Waals surface area contributed by atoms with Crippen molar-refractivity contribution in [2.75, 3.05) is 23.9 Å². The summed E-state index contributed by atoms with van der Waals surface area (Å²) in [6, 6.07) is 10.4. The van der Waals surface area contributed by atoms with Gasteiger partial charge < -0.3 is 19.5 Å². The number of amides is 1. The highest BCUT2D eigenvalue weighted by Gasteiger charge is 2.35. The third kappa shape index (κ3) is 4.56. The fourth-order valence-corrected chi connectivity index (χ4v) is 4.76. The minimum absolute atomic E-state index is 0.0799. The normalized spacial score (nSPS) is 18.6. The predicted molar refractivity (Wildman–Crippen MR) is 116 cm³/mol. The number of nitrogens with zero attached hydrogens (tertiary/aromatic N) is 1. The molecule has 0 saturated heterocycles. The van der Waals surface area contributed by atoms with Crippen LogP contribution in [0.4, 0.5) is 5.69 Å². The molecule has 2 aromatic carbocycles. The number of aryl methyl sites for hydroxylation is 1. The highest BCUT2D eigenvalue weighted by atomic mass is 32.2. The standard InChI is InChI=1S/C22H26N2O6S/c1-14-5-7-18-16(9-14)17(11-22(2,3)30-18)23-21(25)12-24(31(4,26)27)15-6-8-19-20(10-15)29-13-28-19/h5-10,17H,11-13H2,1-4H3,(H,23,25)/t17-/m0/s1. The van der Waals surface area contributed by atoms with Gasteiger partial charge in [-0.25, -0.2) is 8.42 Å². The van der Waals surface area contributed by atoms with E-state index >= 15 is 0 Å². The fourth-order valence-electron chi connectivity index (χ4n) is 3.91. The lowest BCUT2D eigenvalue weighted by Crippen LogP contribution is -2.45. The van der Waals surface area contributed by atoms with Gasteiger partial charge in [-0.15, -0.1) is 0 Å². The third-order valence-electron chi connectivity index (χ3n) is 5.29. The van der Waals surface area contributed by atoms with Crippen LogP contribution in [-0.2, 0) is 14.8 Å². The first-order chi connectivity index (χ1) is 14.5. The molecule has 0 radical (unpaired) electrons. The smallest absolute Gasteiger partial charge is 0.241 e. The molecule has 31 heavy (non-hydrogen) atoms. The Labute approximate surface area is 182 Å². The number of carbonyl (C=O) groups excluding carboxylic acids is 1. The zero-order valence-electron chi connectivity index (χ0n) is 18.0. The largest absolute Gasteiger partial charge is 0.487 e. The molecule has 0 saturated carbocycles. The van der Waals surface area contributed by atoms with Crippen molar-refractivity contribution in [3.8, 4) is 17.2 Å². The Bertz CT molecular complexity index is 1130. The molecule has 1 N–H and O–H groups in total. The van der Waals surface area contributed by atoms with Gasteiger partial charge >= 0.3 is 0 Å². The summed E-state index contributed by atoms with van der Waals surface area (Å²) < 4.78 is 42.7. The van der Waals surface area contributed by atoms with Crippen LogP contribution in [0, 0.1) is 6.92 Å². The van der Waals surface area contributed by atoms with E-state index in [2.05, 4.69) is 5.32 Å². The number of rotatable bonds is 5. The van der Waals surface area contributed by atoms with Crippen LogP contribution in [0.1, 0.15) is 37.4 Å². The van der Waals surface area contributed by atoms with Crippen molar-refractivity contribution >= 4 is 21.6 Å². The number of hydrogen-bond donors (Lipinski definition) is 1. The molecule has 8 nitrogen and oxygen atoms in total. The molecule has 0 bridgehead atoms. The van der Waals surface area contributed by atoms with Crippen molar-refractivity contribution in [1.82, 2.24) is 5.32 Å². The molecule has 2 aromatic rings. The van der Waals surface area contributed by atoms with E-state index in [1.54, 1.807) is 18.2 Å². The van der Waals surface area contributed by atoms with Gasteiger partial charge in [0.1, 0.15) is 17.9 Å². The zero-order valence-corrected chi connectivity index (χ0v) is 18.8. The molecule has 2 aliphatic rings. The molecule has 0 aromatic heterocycles. The second-order valence-corrected chi connectivity index (χ2v) is 10.4. The molecule has 2 heterocycles. The highest BCUT2D eigenvalue weighted by Crippen LogP contribution is 2.40. The average molecular weight is 447 g/mol. The van der Waals surface area contributed by atoms with Crippen LogP contribution in [0.2, 0.25) is 0 Å². The van der Waals surface area contributed by atoms with Gasteiger partial charge in [0.25, 0.3) is 0 Å². The molecular weight excluding hydrogens is 420 g/mol. The second-order valence-electron chi connectivity index (χ2n) is 8.53. The molecule has 166 valence electrons. The van der Waals surface area contributed by atoms with E-state index in [-0.39, 0.29) is 19.4 Å². The number of carbonyl (C=O) groups is 1. The summed E-state index contributed by atoms with van der Waals surface area (Å²) in [4.78, 5) is 13.0. The summed E-state index contributed by atoms with van der Waals surface area (Å²) in [5.41, 5.74) is 1.82. The van der Waals surface area contributed by atoms with Crippen LogP contribution in [0.15, 0.2) is 36.4 Å². The quantitative estimate of drug-likeness (QED) is 0.759. The van der Waals surface area contributed by atoms with E-state index in [9.17, 15) is 13.2 Å². The number of sulfonamides is 1. The summed E-state index contributed by atoms with van der Waals surface area (Å²) in [7, 11) is -3.71. The number of fused-ring (bicyclic) bond motifs is 2. The van der Waals surface area contributed by atoms with Crippen molar-refractivity contribution in [2.45, 2.75) is 38.8 Å². The first-order valence-corrected chi connectivity index (χ1v) is 11.8. The maximum absolute atomic E-state index is 13.0. The summed E-state index contributed by atoms with van der Waals surface area (Å²) in [5, 5.41) is 3.00. The summed E-state index contributed by atoms with van der Waals surface area (Å²) in [6.45, 7) is 5.63. The zero-order chi connectivity index (χ0) is 22.4. The van der Waals surface area contributed by atoms with Crippen LogP contribution in [0.5, 0.6) is 17.2 Å². The second kappa shape index (κ2) is 7.64. The highest BCUT2D eigenvalue weighted by molar-refractivity contribution is 7.92. The molecule has 0 fully saturated rings. The van der Waals surface area contributed by atoms with Crippen molar-refractivity contribution in [3.63, 3.8) is 0 Å². The number of hydrogen-bond acceptors (Lipinski definition) is 6. The SMILES string of the molecule is Cc1ccc2c(c1)[C@@H](NC(=O)CN(c1ccc3c(c1)OCO3)S(C)(=O)=O)CC(C)(C)O2. The monoisotopic (exact) mass is 446 g/mol. The molecule has 0 aliphatic carbocycles. The van der Waals surface area contributed by atoms with Crippen molar-refractivity contribution < 1.29 is 27.4 Å². The minimum atomic E-state index is -3.71. The van der Waals surface area contributed by atoms with Crippen LogP contribution >= 0.6 is 0 Å². The summed E-state index contributed by atoms with van der Waals surface area (Å²) in [5.74, 6) is 1.31. The first-order valence-electron chi connectivity index (χ1n) is 9.98. The molecule has 2 aliphatic heterocycles. The number of benzene rings is 2. The third-order valence-corrected chi connectivity index (χ3v) is 6.43. The number of nitrogens with one attached hydrogen (secondary N) is 1. The van der Waals surface area contributed by atoms with Crippen molar-refractivity contribution in [2.24, 2.45) is 0 Å². The molecule has 4 rings (SSSR count). The molecule has 9 heteroatoms. The van der Waals surface area contributed by atoms with Gasteiger partial charge in [0.05, 0.1) is 18.0 Å². The van der Waals surface area contributed by atoms with Gasteiger partial charge in [0.15, 0.2) is 11.5 Å². The Hall–Kier alpha value is -2.94. The van der Waals surface area contributed by atoms with Crippen LogP contribution in [-0.4, -0.2) is 39.5 Å². The van der Waals surface area contributed by atoms with Crippen molar-refractivity contribution in [1.29, 1.82) is 0 Å². The Morgan fingerprint density at radius 1 is 1.13 bits per heavy atom. The van der Waals surface area contributed by atoms with E-state index in [0.29, 0.717) is 23.6 Å². The lowest BCUT2D eigenvalue weighted by atomic mass is 9.89. The van der Waals surface area contributed by atoms with Gasteiger partial charge in [0.2, 0.25) is 22.7 Å². The summed E-state index contributed by atoms with van der Waals surface area (Å²) >= 11 is 0. The Morgan fingerprint density at radius 3 is 2.58 bits per heavy atom. The van der Waals surface area contributed by atoms with E-state index in [4.69, 9.17) is 14.2 Å². The van der Waals surface area contributed by atoms with E-state index in [1.807, 2.05) is 39.0 Å². The molecule has 0 unspecified atom stereocenters. The summed E-state index contributed by atoms with van der Waals surface area (Å²) in [6.07, 6.45) is 1.64. The molecule has 1 amide bonds. The fraction of sp³-hybridized carbons (Fsp3) is 0.409. The average Bonchev–Trinajstić information content (AvgIpc) is 3.13. The van der Waals surface area contributed by atoms with Gasteiger partial charge in [-0.3, -0.25) is 9.10 Å². The maximum atomic E-state index is 13.0. The van der Waals surface area contributed by atoms with Crippen molar-refractivity contribution in [3.05, 3.63) is 47.5 Å². The van der Waals surface area contributed by atoms with E-state index in [0.717, 1.165) is 27.4 Å². The topological polar surface area (TPSA) is 94.2 Å². The Kier molecular flexibility index (Phi) is 5.25. The minimum Gasteiger partial charge on any atom is -0.487 e. The lowest BCUT2D eigenvalue weighted by Gasteiger charge is -2.38. The van der Waals surface area contributed by atoms with Gasteiger partial charge in [-0.1, -0.05) is 17.7 Å². The lowest BCUT2D eigenvalue weighted by molar-refractivity contribution is -0.120. The molecule has 0 spiro atoms. The first kappa shape index (κ1) is 21.3. The van der Waals surface area contributed by atoms with Crippen LogP contribution in [0.3, 0.4) is 0 Å².